The Morgan fingerprint density at radius 1 is 1.25 bits per heavy atom. The van der Waals surface area contributed by atoms with Gasteiger partial charge in [-0.3, -0.25) is 4.18 Å². The Balaban J connectivity index is 2.22. The van der Waals surface area contributed by atoms with Crippen LogP contribution in [0.25, 0.3) is 0 Å². The van der Waals surface area contributed by atoms with E-state index < -0.39 is 10.1 Å². The minimum atomic E-state index is -3.22. The summed E-state index contributed by atoms with van der Waals surface area (Å²) in [6.07, 6.45) is 7.08. The van der Waals surface area contributed by atoms with Crippen LogP contribution in [0.5, 0.6) is 0 Å². The molecule has 0 aromatic carbocycles. The average Bonchev–Trinajstić information content (AvgIpc) is 2.02. The van der Waals surface area contributed by atoms with E-state index in [4.69, 9.17) is 4.18 Å². The molecule has 72 valence electrons. The SMILES string of the molecule is CS(=O)(=O)OCC1CCCCC1. The van der Waals surface area contributed by atoms with Crippen molar-refractivity contribution in [3.63, 3.8) is 0 Å². The zero-order valence-corrected chi connectivity index (χ0v) is 8.27. The van der Waals surface area contributed by atoms with Gasteiger partial charge in [-0.05, 0) is 18.8 Å². The molecule has 0 N–H and O–H groups in total. The smallest absolute Gasteiger partial charge is 0.264 e. The van der Waals surface area contributed by atoms with Crippen molar-refractivity contribution in [2.75, 3.05) is 12.9 Å². The first-order valence-electron chi connectivity index (χ1n) is 4.42. The highest BCUT2D eigenvalue weighted by Crippen LogP contribution is 2.23. The molecule has 0 bridgehead atoms. The number of hydrogen-bond acceptors (Lipinski definition) is 3. The Bertz CT molecular complexity index is 214. The summed E-state index contributed by atoms with van der Waals surface area (Å²) in [4.78, 5) is 0. The summed E-state index contributed by atoms with van der Waals surface area (Å²) in [7, 11) is -3.22. The van der Waals surface area contributed by atoms with Crippen molar-refractivity contribution in [2.24, 2.45) is 5.92 Å². The van der Waals surface area contributed by atoms with Gasteiger partial charge >= 0.3 is 0 Å². The van der Waals surface area contributed by atoms with Crippen molar-refractivity contribution in [3.8, 4) is 0 Å². The molecule has 0 radical (unpaired) electrons. The average molecular weight is 192 g/mol. The summed E-state index contributed by atoms with van der Waals surface area (Å²) < 4.78 is 26.0. The third-order valence-corrected chi connectivity index (χ3v) is 2.81. The molecule has 1 aliphatic carbocycles. The maximum atomic E-state index is 10.7. The minimum Gasteiger partial charge on any atom is -0.270 e. The maximum Gasteiger partial charge on any atom is 0.264 e. The molecule has 1 saturated carbocycles. The van der Waals surface area contributed by atoms with Crippen LogP contribution in [0.4, 0.5) is 0 Å². The van der Waals surface area contributed by atoms with E-state index in [1.807, 2.05) is 0 Å². The minimum absolute atomic E-state index is 0.388. The molecule has 1 aliphatic rings. The van der Waals surface area contributed by atoms with Crippen LogP contribution < -0.4 is 0 Å². The van der Waals surface area contributed by atoms with Crippen molar-refractivity contribution in [1.82, 2.24) is 0 Å². The molecule has 0 aromatic heterocycles. The molecule has 0 amide bonds. The monoisotopic (exact) mass is 192 g/mol. The lowest BCUT2D eigenvalue weighted by Crippen LogP contribution is -2.16. The Labute approximate surface area is 74.2 Å². The predicted octanol–water partition coefficient (Wildman–Crippen LogP) is 1.54. The predicted molar refractivity (Wildman–Crippen MR) is 47.4 cm³/mol. The molecule has 0 saturated heterocycles. The fourth-order valence-electron chi connectivity index (χ4n) is 1.57. The van der Waals surface area contributed by atoms with Crippen LogP contribution in [-0.2, 0) is 14.3 Å². The van der Waals surface area contributed by atoms with E-state index in [-0.39, 0.29) is 0 Å². The third kappa shape index (κ3) is 4.07. The van der Waals surface area contributed by atoms with Gasteiger partial charge in [0, 0.05) is 0 Å². The van der Waals surface area contributed by atoms with Crippen LogP contribution in [0.15, 0.2) is 0 Å². The first-order valence-corrected chi connectivity index (χ1v) is 6.24. The lowest BCUT2D eigenvalue weighted by molar-refractivity contribution is 0.215. The first-order chi connectivity index (χ1) is 5.58. The molecule has 0 heterocycles. The lowest BCUT2D eigenvalue weighted by Gasteiger charge is -2.20. The standard InChI is InChI=1S/C8H16O3S/c1-12(9,10)11-7-8-5-3-2-4-6-8/h8H,2-7H2,1H3. The highest BCUT2D eigenvalue weighted by Gasteiger charge is 2.15. The maximum absolute atomic E-state index is 10.7. The quantitative estimate of drug-likeness (QED) is 0.637. The van der Waals surface area contributed by atoms with Gasteiger partial charge in [0.05, 0.1) is 12.9 Å². The second-order valence-electron chi connectivity index (χ2n) is 3.49. The molecule has 0 unspecified atom stereocenters. The van der Waals surface area contributed by atoms with E-state index in [0.29, 0.717) is 12.5 Å². The molecule has 4 heteroatoms. The second-order valence-corrected chi connectivity index (χ2v) is 5.14. The summed E-state index contributed by atoms with van der Waals surface area (Å²) >= 11 is 0. The number of hydrogen-bond donors (Lipinski definition) is 0. The third-order valence-electron chi connectivity index (χ3n) is 2.24. The van der Waals surface area contributed by atoms with Gasteiger partial charge in [0.25, 0.3) is 10.1 Å². The van der Waals surface area contributed by atoms with Gasteiger partial charge in [0.2, 0.25) is 0 Å². The molecule has 1 rings (SSSR count). The Kier molecular flexibility index (Phi) is 3.53. The fraction of sp³-hybridized carbons (Fsp3) is 1.00. The Morgan fingerprint density at radius 3 is 2.33 bits per heavy atom. The van der Waals surface area contributed by atoms with Crippen LogP contribution in [0, 0.1) is 5.92 Å². The van der Waals surface area contributed by atoms with Crippen LogP contribution >= 0.6 is 0 Å². The van der Waals surface area contributed by atoms with Gasteiger partial charge < -0.3 is 0 Å². The van der Waals surface area contributed by atoms with Gasteiger partial charge in [-0.15, -0.1) is 0 Å². The van der Waals surface area contributed by atoms with Crippen LogP contribution in [-0.4, -0.2) is 21.3 Å². The Morgan fingerprint density at radius 2 is 1.83 bits per heavy atom. The molecule has 0 aliphatic heterocycles. The molecule has 3 nitrogen and oxygen atoms in total. The van der Waals surface area contributed by atoms with Crippen molar-refractivity contribution in [2.45, 2.75) is 32.1 Å². The van der Waals surface area contributed by atoms with Crippen molar-refractivity contribution in [1.29, 1.82) is 0 Å². The van der Waals surface area contributed by atoms with Crippen LogP contribution in [0.3, 0.4) is 0 Å². The van der Waals surface area contributed by atoms with E-state index in [1.54, 1.807) is 0 Å². The van der Waals surface area contributed by atoms with Gasteiger partial charge in [-0.25, -0.2) is 0 Å². The topological polar surface area (TPSA) is 43.4 Å². The highest BCUT2D eigenvalue weighted by atomic mass is 32.2. The number of rotatable bonds is 3. The zero-order chi connectivity index (χ0) is 9.03. The molecule has 1 fully saturated rings. The zero-order valence-electron chi connectivity index (χ0n) is 7.45. The van der Waals surface area contributed by atoms with Crippen LogP contribution in [0.1, 0.15) is 32.1 Å². The molecular formula is C8H16O3S. The van der Waals surface area contributed by atoms with E-state index in [0.717, 1.165) is 19.1 Å². The molecule has 0 spiro atoms. The van der Waals surface area contributed by atoms with Crippen molar-refractivity contribution >= 4 is 10.1 Å². The summed E-state index contributed by atoms with van der Waals surface area (Å²) in [6.45, 7) is 0.388. The van der Waals surface area contributed by atoms with Gasteiger partial charge in [-0.2, -0.15) is 8.42 Å². The summed E-state index contributed by atoms with van der Waals surface area (Å²) in [5.74, 6) is 0.466. The van der Waals surface area contributed by atoms with Gasteiger partial charge in [0.1, 0.15) is 0 Å². The molecule has 0 atom stereocenters. The summed E-state index contributed by atoms with van der Waals surface area (Å²) in [6, 6.07) is 0. The Hall–Kier alpha value is -0.0900. The fourth-order valence-corrected chi connectivity index (χ4v) is 2.01. The van der Waals surface area contributed by atoms with Gasteiger partial charge in [-0.1, -0.05) is 19.3 Å². The lowest BCUT2D eigenvalue weighted by atomic mass is 9.90. The highest BCUT2D eigenvalue weighted by molar-refractivity contribution is 7.85. The van der Waals surface area contributed by atoms with E-state index in [9.17, 15) is 8.42 Å². The summed E-state index contributed by atoms with van der Waals surface area (Å²) in [5.41, 5.74) is 0. The van der Waals surface area contributed by atoms with Crippen LogP contribution in [0.2, 0.25) is 0 Å². The largest absolute Gasteiger partial charge is 0.270 e. The van der Waals surface area contributed by atoms with E-state index >= 15 is 0 Å². The molecular weight excluding hydrogens is 176 g/mol. The first kappa shape index (κ1) is 9.99. The van der Waals surface area contributed by atoms with E-state index in [2.05, 4.69) is 0 Å². The normalized spacial score (nSPS) is 21.1. The van der Waals surface area contributed by atoms with Crippen molar-refractivity contribution in [3.05, 3.63) is 0 Å². The van der Waals surface area contributed by atoms with Gasteiger partial charge in [0.15, 0.2) is 0 Å². The van der Waals surface area contributed by atoms with Crippen molar-refractivity contribution < 1.29 is 12.6 Å². The summed E-state index contributed by atoms with van der Waals surface area (Å²) in [5, 5.41) is 0. The molecule has 0 aromatic rings. The van der Waals surface area contributed by atoms with E-state index in [1.165, 1.54) is 19.3 Å². The molecule has 12 heavy (non-hydrogen) atoms. The second kappa shape index (κ2) is 4.23.